The topological polar surface area (TPSA) is 26.0 Å². The predicted octanol–water partition coefficient (Wildman–Crippen LogP) is 2.47. The standard InChI is InChI=1S/C10H19N/c1-9(6-7-11)8-10-4-2-3-5-10/h10H,1-8,11H2. The van der Waals surface area contributed by atoms with Gasteiger partial charge in [-0.05, 0) is 25.3 Å². The molecule has 1 saturated carbocycles. The van der Waals surface area contributed by atoms with Crippen LogP contribution in [0.3, 0.4) is 0 Å². The maximum atomic E-state index is 5.44. The highest BCUT2D eigenvalue weighted by molar-refractivity contribution is 4.96. The molecule has 1 aliphatic rings. The fraction of sp³-hybridized carbons (Fsp3) is 0.800. The average molecular weight is 153 g/mol. The molecule has 0 unspecified atom stereocenters. The third kappa shape index (κ3) is 3.06. The molecule has 0 radical (unpaired) electrons. The van der Waals surface area contributed by atoms with Crippen molar-refractivity contribution in [3.63, 3.8) is 0 Å². The largest absolute Gasteiger partial charge is 0.330 e. The number of hydrogen-bond acceptors (Lipinski definition) is 1. The van der Waals surface area contributed by atoms with Crippen LogP contribution in [0.1, 0.15) is 38.5 Å². The molecular weight excluding hydrogens is 134 g/mol. The van der Waals surface area contributed by atoms with Gasteiger partial charge in [0, 0.05) is 0 Å². The molecule has 11 heavy (non-hydrogen) atoms. The zero-order chi connectivity index (χ0) is 8.10. The Kier molecular flexibility index (Phi) is 3.64. The smallest absolute Gasteiger partial charge is 0.00400 e. The third-order valence-corrected chi connectivity index (χ3v) is 2.55. The number of hydrogen-bond donors (Lipinski definition) is 1. The molecule has 64 valence electrons. The zero-order valence-corrected chi connectivity index (χ0v) is 7.31. The minimum Gasteiger partial charge on any atom is -0.330 e. The van der Waals surface area contributed by atoms with Crippen molar-refractivity contribution in [2.24, 2.45) is 11.7 Å². The first-order valence-electron chi connectivity index (χ1n) is 4.69. The molecule has 1 rings (SSSR count). The van der Waals surface area contributed by atoms with E-state index >= 15 is 0 Å². The fourth-order valence-electron chi connectivity index (χ4n) is 1.93. The molecule has 1 fully saturated rings. The summed E-state index contributed by atoms with van der Waals surface area (Å²) in [5.41, 5.74) is 6.80. The van der Waals surface area contributed by atoms with Gasteiger partial charge < -0.3 is 5.73 Å². The lowest BCUT2D eigenvalue weighted by atomic mass is 9.97. The van der Waals surface area contributed by atoms with E-state index in [1.807, 2.05) is 0 Å². The maximum Gasteiger partial charge on any atom is -0.00400 e. The predicted molar refractivity (Wildman–Crippen MR) is 49.4 cm³/mol. The normalized spacial score (nSPS) is 19.0. The van der Waals surface area contributed by atoms with Crippen LogP contribution in [0, 0.1) is 5.92 Å². The lowest BCUT2D eigenvalue weighted by Gasteiger charge is -2.09. The summed E-state index contributed by atoms with van der Waals surface area (Å²) in [6.07, 6.45) is 7.96. The summed E-state index contributed by atoms with van der Waals surface area (Å²) in [6.45, 7) is 4.80. The number of rotatable bonds is 4. The van der Waals surface area contributed by atoms with Crippen LogP contribution in [-0.2, 0) is 0 Å². The van der Waals surface area contributed by atoms with Crippen LogP contribution in [-0.4, -0.2) is 6.54 Å². The van der Waals surface area contributed by atoms with Gasteiger partial charge in [0.2, 0.25) is 0 Å². The molecule has 0 amide bonds. The van der Waals surface area contributed by atoms with Crippen LogP contribution in [0.2, 0.25) is 0 Å². The minimum atomic E-state index is 0.769. The summed E-state index contributed by atoms with van der Waals surface area (Å²) in [5, 5.41) is 0. The van der Waals surface area contributed by atoms with Gasteiger partial charge in [0.1, 0.15) is 0 Å². The summed E-state index contributed by atoms with van der Waals surface area (Å²) >= 11 is 0. The molecule has 0 aromatic heterocycles. The molecule has 0 aromatic carbocycles. The first-order valence-corrected chi connectivity index (χ1v) is 4.69. The Morgan fingerprint density at radius 1 is 1.36 bits per heavy atom. The lowest BCUT2D eigenvalue weighted by Crippen LogP contribution is -2.02. The van der Waals surface area contributed by atoms with E-state index in [0.717, 1.165) is 18.9 Å². The first kappa shape index (κ1) is 8.79. The Bertz CT molecular complexity index is 123. The molecule has 0 aliphatic heterocycles. The van der Waals surface area contributed by atoms with Gasteiger partial charge in [-0.1, -0.05) is 37.8 Å². The van der Waals surface area contributed by atoms with Gasteiger partial charge in [-0.3, -0.25) is 0 Å². The SMILES string of the molecule is C=C(CCN)CC1CCCC1. The van der Waals surface area contributed by atoms with E-state index in [9.17, 15) is 0 Å². The molecule has 0 saturated heterocycles. The fourth-order valence-corrected chi connectivity index (χ4v) is 1.93. The summed E-state index contributed by atoms with van der Waals surface area (Å²) in [6, 6.07) is 0. The quantitative estimate of drug-likeness (QED) is 0.617. The molecular formula is C10H19N. The van der Waals surface area contributed by atoms with E-state index < -0.39 is 0 Å². The van der Waals surface area contributed by atoms with Crippen LogP contribution in [0.5, 0.6) is 0 Å². The Morgan fingerprint density at radius 3 is 2.55 bits per heavy atom. The van der Waals surface area contributed by atoms with Crippen molar-refractivity contribution < 1.29 is 0 Å². The first-order chi connectivity index (χ1) is 5.33. The van der Waals surface area contributed by atoms with Crippen molar-refractivity contribution in [3.8, 4) is 0 Å². The highest BCUT2D eigenvalue weighted by atomic mass is 14.5. The van der Waals surface area contributed by atoms with E-state index in [0.29, 0.717) is 0 Å². The minimum absolute atomic E-state index is 0.769. The van der Waals surface area contributed by atoms with Crippen LogP contribution >= 0.6 is 0 Å². The number of nitrogens with two attached hydrogens (primary N) is 1. The summed E-state index contributed by atoms with van der Waals surface area (Å²) < 4.78 is 0. The van der Waals surface area contributed by atoms with Gasteiger partial charge in [0.05, 0.1) is 0 Å². The van der Waals surface area contributed by atoms with E-state index in [-0.39, 0.29) is 0 Å². The average Bonchev–Trinajstić information content (AvgIpc) is 2.40. The molecule has 1 nitrogen and oxygen atoms in total. The Morgan fingerprint density at radius 2 is 2.00 bits per heavy atom. The van der Waals surface area contributed by atoms with Crippen molar-refractivity contribution in [2.45, 2.75) is 38.5 Å². The van der Waals surface area contributed by atoms with Gasteiger partial charge >= 0.3 is 0 Å². The van der Waals surface area contributed by atoms with Gasteiger partial charge in [0.15, 0.2) is 0 Å². The van der Waals surface area contributed by atoms with Crippen LogP contribution in [0.4, 0.5) is 0 Å². The Balaban J connectivity index is 2.13. The van der Waals surface area contributed by atoms with Crippen LogP contribution < -0.4 is 5.73 Å². The van der Waals surface area contributed by atoms with Crippen molar-refractivity contribution in [1.82, 2.24) is 0 Å². The van der Waals surface area contributed by atoms with Gasteiger partial charge in [-0.25, -0.2) is 0 Å². The summed E-state index contributed by atoms with van der Waals surface area (Å²) in [5.74, 6) is 0.939. The molecule has 0 heterocycles. The lowest BCUT2D eigenvalue weighted by molar-refractivity contribution is 0.536. The second-order valence-electron chi connectivity index (χ2n) is 3.64. The second kappa shape index (κ2) is 4.55. The van der Waals surface area contributed by atoms with Gasteiger partial charge in [-0.2, -0.15) is 0 Å². The van der Waals surface area contributed by atoms with E-state index in [4.69, 9.17) is 5.73 Å². The molecule has 1 aliphatic carbocycles. The summed E-state index contributed by atoms with van der Waals surface area (Å²) in [7, 11) is 0. The monoisotopic (exact) mass is 153 g/mol. The Hall–Kier alpha value is -0.300. The summed E-state index contributed by atoms with van der Waals surface area (Å²) in [4.78, 5) is 0. The van der Waals surface area contributed by atoms with Crippen molar-refractivity contribution in [1.29, 1.82) is 0 Å². The van der Waals surface area contributed by atoms with Gasteiger partial charge in [0.25, 0.3) is 0 Å². The van der Waals surface area contributed by atoms with E-state index in [2.05, 4.69) is 6.58 Å². The highest BCUT2D eigenvalue weighted by Gasteiger charge is 2.14. The van der Waals surface area contributed by atoms with Gasteiger partial charge in [-0.15, -0.1) is 0 Å². The van der Waals surface area contributed by atoms with Crippen LogP contribution in [0.15, 0.2) is 12.2 Å². The molecule has 2 N–H and O–H groups in total. The van der Waals surface area contributed by atoms with Crippen molar-refractivity contribution in [3.05, 3.63) is 12.2 Å². The molecule has 0 atom stereocenters. The Labute approximate surface area is 69.7 Å². The molecule has 1 heteroatoms. The molecule has 0 spiro atoms. The van der Waals surface area contributed by atoms with Crippen LogP contribution in [0.25, 0.3) is 0 Å². The molecule has 0 aromatic rings. The highest BCUT2D eigenvalue weighted by Crippen LogP contribution is 2.30. The maximum absolute atomic E-state index is 5.44. The van der Waals surface area contributed by atoms with Crippen molar-refractivity contribution in [2.75, 3.05) is 6.54 Å². The zero-order valence-electron chi connectivity index (χ0n) is 7.31. The van der Waals surface area contributed by atoms with E-state index in [1.165, 1.54) is 37.7 Å². The van der Waals surface area contributed by atoms with E-state index in [1.54, 1.807) is 0 Å². The molecule has 0 bridgehead atoms. The van der Waals surface area contributed by atoms with Crippen molar-refractivity contribution >= 4 is 0 Å². The third-order valence-electron chi connectivity index (χ3n) is 2.55. The second-order valence-corrected chi connectivity index (χ2v) is 3.64.